The topological polar surface area (TPSA) is 104 Å². The van der Waals surface area contributed by atoms with Crippen LogP contribution in [0.5, 0.6) is 0 Å². The number of nitrogens with one attached hydrogen (secondary N) is 3. The molecule has 3 N–H and O–H groups in total. The van der Waals surface area contributed by atoms with Crippen molar-refractivity contribution in [3.8, 4) is 0 Å². The third kappa shape index (κ3) is 3.04. The van der Waals surface area contributed by atoms with Crippen LogP contribution < -0.4 is 11.0 Å². The Morgan fingerprint density at radius 3 is 2.61 bits per heavy atom. The second-order valence-electron chi connectivity index (χ2n) is 5.17. The molecule has 1 unspecified atom stereocenters. The molecular formula is C15H13ClN4O3. The van der Waals surface area contributed by atoms with Gasteiger partial charge in [0.1, 0.15) is 0 Å². The second-order valence-corrected chi connectivity index (χ2v) is 5.58. The predicted octanol–water partition coefficient (Wildman–Crippen LogP) is 3.59. The average Bonchev–Trinajstić information content (AvgIpc) is 2.88. The fourth-order valence-corrected chi connectivity index (χ4v) is 2.60. The number of H-pyrrole nitrogens is 2. The molecule has 3 aromatic rings. The Balaban J connectivity index is 1.86. The number of nitrogens with zero attached hydrogens (tertiary/aromatic N) is 1. The SMILES string of the molecule is CC(Nc1ccc([N+](=O)[O-])cc1Cl)c1ccc2[nH]c(=O)[nH]c2c1. The summed E-state index contributed by atoms with van der Waals surface area (Å²) < 4.78 is 0. The molecule has 0 saturated carbocycles. The van der Waals surface area contributed by atoms with E-state index in [1.54, 1.807) is 6.07 Å². The summed E-state index contributed by atoms with van der Waals surface area (Å²) in [6, 6.07) is 9.76. The standard InChI is InChI=1S/C15H13ClN4O3/c1-8(9-2-4-13-14(6-9)19-15(21)18-13)17-12-5-3-10(20(22)23)7-11(12)16/h2-8,17H,1H3,(H2,18,19,21). The van der Waals surface area contributed by atoms with Crippen LogP contribution in [0, 0.1) is 10.1 Å². The van der Waals surface area contributed by atoms with Crippen molar-refractivity contribution in [1.29, 1.82) is 0 Å². The summed E-state index contributed by atoms with van der Waals surface area (Å²) in [7, 11) is 0. The minimum absolute atomic E-state index is 0.0560. The van der Waals surface area contributed by atoms with Crippen LogP contribution in [0.3, 0.4) is 0 Å². The molecule has 118 valence electrons. The molecule has 1 atom stereocenters. The van der Waals surface area contributed by atoms with E-state index in [1.807, 2.05) is 25.1 Å². The monoisotopic (exact) mass is 332 g/mol. The zero-order valence-corrected chi connectivity index (χ0v) is 12.8. The number of hydrogen-bond donors (Lipinski definition) is 3. The van der Waals surface area contributed by atoms with E-state index in [2.05, 4.69) is 15.3 Å². The van der Waals surface area contributed by atoms with E-state index in [-0.39, 0.29) is 22.4 Å². The van der Waals surface area contributed by atoms with Crippen molar-refractivity contribution < 1.29 is 4.92 Å². The van der Waals surface area contributed by atoms with E-state index in [1.165, 1.54) is 12.1 Å². The van der Waals surface area contributed by atoms with Crippen LogP contribution >= 0.6 is 11.6 Å². The molecule has 0 aliphatic carbocycles. The minimum Gasteiger partial charge on any atom is -0.377 e. The number of nitro groups is 1. The van der Waals surface area contributed by atoms with E-state index >= 15 is 0 Å². The van der Waals surface area contributed by atoms with E-state index in [0.717, 1.165) is 16.6 Å². The summed E-state index contributed by atoms with van der Waals surface area (Å²) in [4.78, 5) is 26.9. The predicted molar refractivity (Wildman–Crippen MR) is 89.1 cm³/mol. The number of fused-ring (bicyclic) bond motifs is 1. The van der Waals surface area contributed by atoms with Crippen LogP contribution in [0.25, 0.3) is 11.0 Å². The van der Waals surface area contributed by atoms with Gasteiger partial charge in [0.05, 0.1) is 26.7 Å². The van der Waals surface area contributed by atoms with Gasteiger partial charge in [-0.3, -0.25) is 10.1 Å². The Bertz CT molecular complexity index is 947. The Morgan fingerprint density at radius 1 is 1.17 bits per heavy atom. The third-order valence-electron chi connectivity index (χ3n) is 3.58. The molecule has 0 fully saturated rings. The molecule has 0 amide bonds. The van der Waals surface area contributed by atoms with Gasteiger partial charge in [-0.25, -0.2) is 4.79 Å². The number of hydrogen-bond acceptors (Lipinski definition) is 4. The van der Waals surface area contributed by atoms with Crippen LogP contribution in [0.1, 0.15) is 18.5 Å². The van der Waals surface area contributed by atoms with Crippen LogP contribution in [-0.4, -0.2) is 14.9 Å². The van der Waals surface area contributed by atoms with Crippen molar-refractivity contribution in [2.45, 2.75) is 13.0 Å². The Labute approximate surface area is 135 Å². The lowest BCUT2D eigenvalue weighted by molar-refractivity contribution is -0.384. The summed E-state index contributed by atoms with van der Waals surface area (Å²) >= 11 is 6.08. The number of benzene rings is 2. The summed E-state index contributed by atoms with van der Waals surface area (Å²) in [5, 5.41) is 14.2. The van der Waals surface area contributed by atoms with Gasteiger partial charge >= 0.3 is 5.69 Å². The van der Waals surface area contributed by atoms with Crippen LogP contribution in [0.4, 0.5) is 11.4 Å². The van der Waals surface area contributed by atoms with Gasteiger partial charge in [-0.1, -0.05) is 17.7 Å². The van der Waals surface area contributed by atoms with Gasteiger partial charge in [-0.05, 0) is 30.7 Å². The lowest BCUT2D eigenvalue weighted by atomic mass is 10.1. The van der Waals surface area contributed by atoms with Crippen molar-refractivity contribution in [3.63, 3.8) is 0 Å². The molecule has 1 aromatic heterocycles. The maximum Gasteiger partial charge on any atom is 0.323 e. The summed E-state index contributed by atoms with van der Waals surface area (Å²) in [6.45, 7) is 1.93. The highest BCUT2D eigenvalue weighted by molar-refractivity contribution is 6.33. The molecule has 7 nitrogen and oxygen atoms in total. The van der Waals surface area contributed by atoms with Gasteiger partial charge < -0.3 is 15.3 Å². The van der Waals surface area contributed by atoms with Crippen LogP contribution in [-0.2, 0) is 0 Å². The fourth-order valence-electron chi connectivity index (χ4n) is 2.37. The molecule has 0 aliphatic heterocycles. The van der Waals surface area contributed by atoms with Crippen LogP contribution in [0.15, 0.2) is 41.2 Å². The first kappa shape index (κ1) is 15.1. The highest BCUT2D eigenvalue weighted by atomic mass is 35.5. The Kier molecular flexibility index (Phi) is 3.79. The molecule has 0 saturated heterocycles. The number of non-ortho nitro benzene ring substituents is 1. The summed E-state index contributed by atoms with van der Waals surface area (Å²) in [5.41, 5.74) is 2.69. The maximum absolute atomic E-state index is 11.3. The Morgan fingerprint density at radius 2 is 1.91 bits per heavy atom. The quantitative estimate of drug-likeness (QED) is 0.501. The molecule has 23 heavy (non-hydrogen) atoms. The smallest absolute Gasteiger partial charge is 0.323 e. The Hall–Kier alpha value is -2.80. The summed E-state index contributed by atoms with van der Waals surface area (Å²) in [6.07, 6.45) is 0. The fraction of sp³-hybridized carbons (Fsp3) is 0.133. The van der Waals surface area contributed by atoms with Crippen molar-refractivity contribution in [2.24, 2.45) is 0 Å². The number of aromatic amines is 2. The molecule has 0 aliphatic rings. The zero-order chi connectivity index (χ0) is 16.6. The number of anilines is 1. The first-order valence-electron chi connectivity index (χ1n) is 6.86. The van der Waals surface area contributed by atoms with Crippen molar-refractivity contribution in [3.05, 3.63) is 67.6 Å². The number of imidazole rings is 1. The normalized spacial score (nSPS) is 12.3. The molecule has 2 aromatic carbocycles. The van der Waals surface area contributed by atoms with Gasteiger partial charge in [-0.15, -0.1) is 0 Å². The average molecular weight is 333 g/mol. The van der Waals surface area contributed by atoms with Gasteiger partial charge in [0.15, 0.2) is 0 Å². The highest BCUT2D eigenvalue weighted by Crippen LogP contribution is 2.30. The van der Waals surface area contributed by atoms with Gasteiger partial charge in [0, 0.05) is 18.2 Å². The molecule has 0 radical (unpaired) electrons. The molecule has 0 bridgehead atoms. The first-order chi connectivity index (χ1) is 10.9. The number of rotatable bonds is 4. The number of aromatic nitrogens is 2. The second kappa shape index (κ2) is 5.77. The van der Waals surface area contributed by atoms with Crippen molar-refractivity contribution >= 4 is 34.0 Å². The van der Waals surface area contributed by atoms with E-state index in [4.69, 9.17) is 11.6 Å². The van der Waals surface area contributed by atoms with Gasteiger partial charge in [-0.2, -0.15) is 0 Å². The molecule has 8 heteroatoms. The molecular weight excluding hydrogens is 320 g/mol. The van der Waals surface area contributed by atoms with E-state index in [0.29, 0.717) is 5.69 Å². The van der Waals surface area contributed by atoms with Crippen LogP contribution in [0.2, 0.25) is 5.02 Å². The number of nitro benzene ring substituents is 1. The van der Waals surface area contributed by atoms with Gasteiger partial charge in [0.2, 0.25) is 0 Å². The highest BCUT2D eigenvalue weighted by Gasteiger charge is 2.13. The lowest BCUT2D eigenvalue weighted by Crippen LogP contribution is -2.07. The van der Waals surface area contributed by atoms with E-state index < -0.39 is 4.92 Å². The van der Waals surface area contributed by atoms with Gasteiger partial charge in [0.25, 0.3) is 5.69 Å². The van der Waals surface area contributed by atoms with Crippen molar-refractivity contribution in [1.82, 2.24) is 9.97 Å². The van der Waals surface area contributed by atoms with E-state index in [9.17, 15) is 14.9 Å². The largest absolute Gasteiger partial charge is 0.377 e. The van der Waals surface area contributed by atoms with Crippen molar-refractivity contribution in [2.75, 3.05) is 5.32 Å². The molecule has 1 heterocycles. The third-order valence-corrected chi connectivity index (χ3v) is 3.89. The number of halogens is 1. The molecule has 0 spiro atoms. The molecule has 3 rings (SSSR count). The minimum atomic E-state index is -0.491. The zero-order valence-electron chi connectivity index (χ0n) is 12.1. The lowest BCUT2D eigenvalue weighted by Gasteiger charge is -2.16. The summed E-state index contributed by atoms with van der Waals surface area (Å²) in [5.74, 6) is 0. The maximum atomic E-state index is 11.3. The first-order valence-corrected chi connectivity index (χ1v) is 7.24.